The topological polar surface area (TPSA) is 174 Å². The number of hydrogen-bond acceptors (Lipinski definition) is 9. The van der Waals surface area contributed by atoms with Crippen LogP contribution >= 0.6 is 0 Å². The molecule has 1 aliphatic heterocycles. The van der Waals surface area contributed by atoms with E-state index in [-0.39, 0.29) is 6.54 Å². The molecule has 1 saturated heterocycles. The molecular formula is C10H23N3O6. The molecule has 0 aromatic rings. The summed E-state index contributed by atoms with van der Waals surface area (Å²) >= 11 is 0. The standard InChI is InChI=1S/C10H23N3O6/c11-1-2-13-3-6(12)10(18)9(17)8(16)7(15)5(4-14)19-10/h5-9,13-18H,1-4,11-12H2/t5-,6?,7-,8+,9+,10-/m1/s1. The molecule has 9 heteroatoms. The second-order valence-electron chi connectivity index (χ2n) is 4.62. The SMILES string of the molecule is NCCNCC(N)[C@@]1(O)O[C@H](CO)[C@@H](O)[C@H](O)[C@@H]1O. The zero-order valence-corrected chi connectivity index (χ0v) is 10.5. The number of aliphatic hydroxyl groups excluding tert-OH is 4. The average molecular weight is 281 g/mol. The summed E-state index contributed by atoms with van der Waals surface area (Å²) in [6.07, 6.45) is -6.20. The molecule has 114 valence electrons. The Morgan fingerprint density at radius 2 is 1.89 bits per heavy atom. The number of nitrogens with one attached hydrogen (secondary N) is 1. The van der Waals surface area contributed by atoms with Crippen LogP contribution in [0.2, 0.25) is 0 Å². The van der Waals surface area contributed by atoms with Crippen LogP contribution in [0.3, 0.4) is 0 Å². The van der Waals surface area contributed by atoms with Gasteiger partial charge >= 0.3 is 0 Å². The van der Waals surface area contributed by atoms with Crippen LogP contribution in [0.4, 0.5) is 0 Å². The maximum Gasteiger partial charge on any atom is 0.212 e. The van der Waals surface area contributed by atoms with E-state index in [0.717, 1.165) is 0 Å². The van der Waals surface area contributed by atoms with Gasteiger partial charge in [-0.05, 0) is 0 Å². The van der Waals surface area contributed by atoms with E-state index in [2.05, 4.69) is 5.32 Å². The molecule has 1 fully saturated rings. The number of rotatable bonds is 6. The predicted molar refractivity (Wildman–Crippen MR) is 64.8 cm³/mol. The van der Waals surface area contributed by atoms with Gasteiger partial charge in [-0.1, -0.05) is 0 Å². The Balaban J connectivity index is 2.76. The van der Waals surface area contributed by atoms with Crippen molar-refractivity contribution in [2.45, 2.75) is 36.2 Å². The van der Waals surface area contributed by atoms with Crippen LogP contribution in [0, 0.1) is 0 Å². The van der Waals surface area contributed by atoms with Gasteiger partial charge < -0.3 is 47.1 Å². The lowest BCUT2D eigenvalue weighted by atomic mass is 9.88. The van der Waals surface area contributed by atoms with Gasteiger partial charge in [0.15, 0.2) is 0 Å². The van der Waals surface area contributed by atoms with Gasteiger partial charge in [0.2, 0.25) is 5.79 Å². The van der Waals surface area contributed by atoms with Crippen molar-refractivity contribution in [3.8, 4) is 0 Å². The van der Waals surface area contributed by atoms with E-state index < -0.39 is 42.9 Å². The highest BCUT2D eigenvalue weighted by Crippen LogP contribution is 2.29. The Morgan fingerprint density at radius 3 is 2.42 bits per heavy atom. The molecule has 10 N–H and O–H groups in total. The number of aliphatic hydroxyl groups is 5. The van der Waals surface area contributed by atoms with Gasteiger partial charge in [0, 0.05) is 19.6 Å². The third-order valence-corrected chi connectivity index (χ3v) is 3.21. The number of hydrogen-bond donors (Lipinski definition) is 8. The molecule has 0 amide bonds. The highest BCUT2D eigenvalue weighted by molar-refractivity contribution is 5.01. The smallest absolute Gasteiger partial charge is 0.212 e. The summed E-state index contributed by atoms with van der Waals surface area (Å²) in [6.45, 7) is 0.269. The molecule has 1 heterocycles. The largest absolute Gasteiger partial charge is 0.394 e. The Bertz CT molecular complexity index is 282. The van der Waals surface area contributed by atoms with Crippen molar-refractivity contribution in [3.05, 3.63) is 0 Å². The monoisotopic (exact) mass is 281 g/mol. The van der Waals surface area contributed by atoms with Crippen molar-refractivity contribution in [1.82, 2.24) is 5.32 Å². The van der Waals surface area contributed by atoms with Crippen molar-refractivity contribution in [2.24, 2.45) is 11.5 Å². The molecule has 19 heavy (non-hydrogen) atoms. The Labute approximate surface area is 110 Å². The second-order valence-corrected chi connectivity index (χ2v) is 4.62. The highest BCUT2D eigenvalue weighted by atomic mass is 16.7. The summed E-state index contributed by atoms with van der Waals surface area (Å²) in [4.78, 5) is 0. The molecule has 1 aliphatic rings. The Kier molecular flexibility index (Phi) is 6.05. The fourth-order valence-electron chi connectivity index (χ4n) is 1.99. The van der Waals surface area contributed by atoms with Crippen LogP contribution < -0.4 is 16.8 Å². The van der Waals surface area contributed by atoms with Crippen molar-refractivity contribution < 1.29 is 30.3 Å². The van der Waals surface area contributed by atoms with E-state index in [1.165, 1.54) is 0 Å². The summed E-state index contributed by atoms with van der Waals surface area (Å²) in [6, 6.07) is -1.08. The van der Waals surface area contributed by atoms with Gasteiger partial charge in [0.1, 0.15) is 24.4 Å². The fourth-order valence-corrected chi connectivity index (χ4v) is 1.99. The lowest BCUT2D eigenvalue weighted by Gasteiger charge is -2.47. The second kappa shape index (κ2) is 6.88. The molecule has 0 aliphatic carbocycles. The minimum atomic E-state index is -2.27. The third kappa shape index (κ3) is 3.40. The summed E-state index contributed by atoms with van der Waals surface area (Å²) in [5.41, 5.74) is 11.0. The number of ether oxygens (including phenoxy) is 1. The molecule has 0 aromatic heterocycles. The normalized spacial score (nSPS) is 41.2. The fraction of sp³-hybridized carbons (Fsp3) is 1.00. The first-order valence-corrected chi connectivity index (χ1v) is 6.10. The molecule has 0 aromatic carbocycles. The summed E-state index contributed by atoms with van der Waals surface area (Å²) in [7, 11) is 0. The highest BCUT2D eigenvalue weighted by Gasteiger charge is 2.55. The lowest BCUT2D eigenvalue weighted by Crippen LogP contribution is -2.72. The molecule has 1 unspecified atom stereocenters. The molecule has 0 radical (unpaired) electrons. The van der Waals surface area contributed by atoms with Gasteiger partial charge in [-0.2, -0.15) is 0 Å². The van der Waals surface area contributed by atoms with Crippen LogP contribution in [-0.4, -0.2) is 88.0 Å². The van der Waals surface area contributed by atoms with Crippen LogP contribution in [0.25, 0.3) is 0 Å². The molecule has 0 spiro atoms. The van der Waals surface area contributed by atoms with E-state index in [9.17, 15) is 20.4 Å². The van der Waals surface area contributed by atoms with Crippen molar-refractivity contribution in [3.63, 3.8) is 0 Å². The molecule has 1 rings (SSSR count). The third-order valence-electron chi connectivity index (χ3n) is 3.21. The van der Waals surface area contributed by atoms with E-state index in [1.807, 2.05) is 0 Å². The average Bonchev–Trinajstić information content (AvgIpc) is 2.40. The number of nitrogens with two attached hydrogens (primary N) is 2. The van der Waals surface area contributed by atoms with Crippen LogP contribution in [0.5, 0.6) is 0 Å². The summed E-state index contributed by atoms with van der Waals surface area (Å²) < 4.78 is 5.06. The Hall–Kier alpha value is -0.360. The van der Waals surface area contributed by atoms with E-state index >= 15 is 0 Å². The first-order valence-electron chi connectivity index (χ1n) is 6.10. The van der Waals surface area contributed by atoms with E-state index in [1.54, 1.807) is 0 Å². The zero-order chi connectivity index (χ0) is 14.6. The first-order chi connectivity index (χ1) is 8.88. The van der Waals surface area contributed by atoms with Crippen molar-refractivity contribution in [2.75, 3.05) is 26.2 Å². The molecule has 0 bridgehead atoms. The molecular weight excluding hydrogens is 258 g/mol. The maximum atomic E-state index is 10.2. The van der Waals surface area contributed by atoms with Crippen molar-refractivity contribution >= 4 is 0 Å². The van der Waals surface area contributed by atoms with Gasteiger partial charge in [-0.25, -0.2) is 0 Å². The lowest BCUT2D eigenvalue weighted by molar-refractivity contribution is -0.355. The molecule has 9 nitrogen and oxygen atoms in total. The van der Waals surface area contributed by atoms with Gasteiger partial charge in [0.25, 0.3) is 0 Å². The van der Waals surface area contributed by atoms with Crippen LogP contribution in [0.15, 0.2) is 0 Å². The van der Waals surface area contributed by atoms with Crippen LogP contribution in [0.1, 0.15) is 0 Å². The van der Waals surface area contributed by atoms with Crippen molar-refractivity contribution in [1.29, 1.82) is 0 Å². The van der Waals surface area contributed by atoms with Gasteiger partial charge in [0.05, 0.1) is 12.6 Å². The van der Waals surface area contributed by atoms with E-state index in [0.29, 0.717) is 13.1 Å². The first kappa shape index (κ1) is 16.7. The summed E-state index contributed by atoms with van der Waals surface area (Å²) in [5, 5.41) is 51.1. The van der Waals surface area contributed by atoms with Gasteiger partial charge in [-0.15, -0.1) is 0 Å². The van der Waals surface area contributed by atoms with E-state index in [4.69, 9.17) is 21.3 Å². The van der Waals surface area contributed by atoms with Gasteiger partial charge in [-0.3, -0.25) is 0 Å². The summed E-state index contributed by atoms with van der Waals surface area (Å²) in [5.74, 6) is -2.27. The predicted octanol–water partition coefficient (Wildman–Crippen LogP) is -4.98. The minimum absolute atomic E-state index is 0.0751. The zero-order valence-electron chi connectivity index (χ0n) is 10.5. The minimum Gasteiger partial charge on any atom is -0.394 e. The van der Waals surface area contributed by atoms with Crippen LogP contribution in [-0.2, 0) is 4.74 Å². The maximum absolute atomic E-state index is 10.2. The molecule has 0 saturated carbocycles. The molecule has 6 atom stereocenters. The Morgan fingerprint density at radius 1 is 1.26 bits per heavy atom. The quantitative estimate of drug-likeness (QED) is 0.222.